The summed E-state index contributed by atoms with van der Waals surface area (Å²) in [5.74, 6) is 1.20. The second-order valence-electron chi connectivity index (χ2n) is 6.30. The molecule has 0 spiro atoms. The average Bonchev–Trinajstić information content (AvgIpc) is 3.05. The first-order valence-corrected chi connectivity index (χ1v) is 8.26. The van der Waals surface area contributed by atoms with Crippen molar-refractivity contribution in [3.63, 3.8) is 0 Å². The number of carbonyl (C=O) groups is 3. The highest BCUT2D eigenvalue weighted by molar-refractivity contribution is 6.12. The van der Waals surface area contributed by atoms with Crippen LogP contribution >= 0.6 is 0 Å². The van der Waals surface area contributed by atoms with Gasteiger partial charge in [-0.25, -0.2) is 4.79 Å². The van der Waals surface area contributed by atoms with Crippen molar-refractivity contribution in [2.75, 3.05) is 19.7 Å². The molecule has 6 nitrogen and oxygen atoms in total. The fourth-order valence-electron chi connectivity index (χ4n) is 3.59. The number of fused-ring (bicyclic) bond motifs is 1. The number of allylic oxidation sites excluding steroid dienone is 2. The van der Waals surface area contributed by atoms with Crippen molar-refractivity contribution in [1.82, 2.24) is 10.2 Å². The molecule has 1 aliphatic heterocycles. The molecule has 1 saturated carbocycles. The second kappa shape index (κ2) is 6.98. The van der Waals surface area contributed by atoms with E-state index in [1.54, 1.807) is 0 Å². The number of ether oxygens (including phenoxy) is 1. The molecule has 2 unspecified atom stereocenters. The predicted octanol–water partition coefficient (Wildman–Crippen LogP) is 1.63. The van der Waals surface area contributed by atoms with Gasteiger partial charge in [-0.2, -0.15) is 0 Å². The third-order valence-electron chi connectivity index (χ3n) is 4.92. The third-order valence-corrected chi connectivity index (χ3v) is 4.92. The number of hydrogen-bond acceptors (Lipinski definition) is 4. The molecule has 23 heavy (non-hydrogen) atoms. The van der Waals surface area contributed by atoms with E-state index in [9.17, 15) is 14.4 Å². The smallest absolute Gasteiger partial charge is 0.407 e. The molecule has 1 fully saturated rings. The molecule has 0 saturated heterocycles. The van der Waals surface area contributed by atoms with Gasteiger partial charge in [0.15, 0.2) is 0 Å². The van der Waals surface area contributed by atoms with Crippen LogP contribution in [0.5, 0.6) is 0 Å². The first-order chi connectivity index (χ1) is 11.2. The Hall–Kier alpha value is -2.11. The van der Waals surface area contributed by atoms with Crippen molar-refractivity contribution in [3.8, 4) is 0 Å². The molecule has 1 N–H and O–H groups in total. The molecule has 1 heterocycles. The lowest BCUT2D eigenvalue weighted by atomic mass is 10.1. The predicted molar refractivity (Wildman–Crippen MR) is 83.3 cm³/mol. The van der Waals surface area contributed by atoms with Gasteiger partial charge in [0.2, 0.25) is 0 Å². The molecule has 3 rings (SSSR count). The van der Waals surface area contributed by atoms with Crippen molar-refractivity contribution in [1.29, 1.82) is 0 Å². The van der Waals surface area contributed by atoms with E-state index in [1.807, 2.05) is 0 Å². The van der Waals surface area contributed by atoms with Gasteiger partial charge >= 0.3 is 6.09 Å². The summed E-state index contributed by atoms with van der Waals surface area (Å²) in [7, 11) is 0. The zero-order valence-corrected chi connectivity index (χ0v) is 13.1. The molecule has 3 amide bonds. The van der Waals surface area contributed by atoms with Crippen LogP contribution < -0.4 is 5.32 Å². The van der Waals surface area contributed by atoms with E-state index >= 15 is 0 Å². The van der Waals surface area contributed by atoms with E-state index in [0.717, 1.165) is 17.7 Å². The number of alkyl carbamates (subject to hydrolysis) is 1. The van der Waals surface area contributed by atoms with Crippen LogP contribution in [0.2, 0.25) is 0 Å². The third kappa shape index (κ3) is 3.81. The largest absolute Gasteiger partial charge is 0.449 e. The Labute approximate surface area is 135 Å². The lowest BCUT2D eigenvalue weighted by Crippen LogP contribution is -2.38. The molecule has 6 heteroatoms. The SMILES string of the molecule is O=C(NCCN1C(=O)C=CC1=O)OCC1C2CC/C=C\CCC21. The summed E-state index contributed by atoms with van der Waals surface area (Å²) >= 11 is 0. The summed E-state index contributed by atoms with van der Waals surface area (Å²) in [6.07, 6.45) is 11.1. The summed E-state index contributed by atoms with van der Waals surface area (Å²) in [4.78, 5) is 35.5. The summed E-state index contributed by atoms with van der Waals surface area (Å²) in [5.41, 5.74) is 0. The van der Waals surface area contributed by atoms with E-state index in [2.05, 4.69) is 17.5 Å². The zero-order valence-electron chi connectivity index (χ0n) is 13.1. The zero-order chi connectivity index (χ0) is 16.2. The monoisotopic (exact) mass is 318 g/mol. The minimum Gasteiger partial charge on any atom is -0.449 e. The summed E-state index contributed by atoms with van der Waals surface area (Å²) in [6, 6.07) is 0. The molecule has 2 atom stereocenters. The molecule has 0 radical (unpaired) electrons. The van der Waals surface area contributed by atoms with Gasteiger partial charge in [-0.15, -0.1) is 0 Å². The number of nitrogens with one attached hydrogen (secondary N) is 1. The van der Waals surface area contributed by atoms with Crippen LogP contribution in [0, 0.1) is 17.8 Å². The first kappa shape index (κ1) is 15.8. The molecule has 124 valence electrons. The number of hydrogen-bond donors (Lipinski definition) is 1. The quantitative estimate of drug-likeness (QED) is 0.617. The standard InChI is InChI=1S/C17H22N2O4/c20-15-7-8-16(21)19(15)10-9-18-17(22)23-11-14-12-5-3-1-2-4-6-13(12)14/h1-2,7-8,12-14H,3-6,9-11H2,(H,18,22)/b2-1-. The fourth-order valence-corrected chi connectivity index (χ4v) is 3.59. The van der Waals surface area contributed by atoms with E-state index < -0.39 is 6.09 Å². The minimum absolute atomic E-state index is 0.167. The summed E-state index contributed by atoms with van der Waals surface area (Å²) < 4.78 is 5.28. The Bertz CT molecular complexity index is 521. The number of carbonyl (C=O) groups excluding carboxylic acids is 3. The molecule has 2 aliphatic carbocycles. The number of amides is 3. The average molecular weight is 318 g/mol. The van der Waals surface area contributed by atoms with E-state index in [-0.39, 0.29) is 24.9 Å². The van der Waals surface area contributed by atoms with Gasteiger partial charge in [-0.1, -0.05) is 12.2 Å². The number of imide groups is 1. The van der Waals surface area contributed by atoms with Crippen LogP contribution in [0.15, 0.2) is 24.3 Å². The lowest BCUT2D eigenvalue weighted by molar-refractivity contribution is -0.136. The number of nitrogens with zero attached hydrogens (tertiary/aromatic N) is 1. The highest BCUT2D eigenvalue weighted by Crippen LogP contribution is 2.52. The summed E-state index contributed by atoms with van der Waals surface area (Å²) in [5, 5.41) is 2.59. The van der Waals surface area contributed by atoms with Crippen LogP contribution in [0.4, 0.5) is 4.79 Å². The second-order valence-corrected chi connectivity index (χ2v) is 6.30. The summed E-state index contributed by atoms with van der Waals surface area (Å²) in [6.45, 7) is 0.837. The minimum atomic E-state index is -0.477. The van der Waals surface area contributed by atoms with Crippen LogP contribution in [0.25, 0.3) is 0 Å². The van der Waals surface area contributed by atoms with Gasteiger partial charge < -0.3 is 10.1 Å². The fraction of sp³-hybridized carbons (Fsp3) is 0.588. The Balaban J connectivity index is 1.31. The van der Waals surface area contributed by atoms with Gasteiger partial charge in [0.05, 0.1) is 6.61 Å². The Morgan fingerprint density at radius 3 is 2.35 bits per heavy atom. The van der Waals surface area contributed by atoms with Crippen molar-refractivity contribution >= 4 is 17.9 Å². The van der Waals surface area contributed by atoms with Gasteiger partial charge in [-0.05, 0) is 43.4 Å². The first-order valence-electron chi connectivity index (χ1n) is 8.26. The van der Waals surface area contributed by atoms with Crippen LogP contribution in [0.3, 0.4) is 0 Å². The lowest BCUT2D eigenvalue weighted by Gasteiger charge is -2.14. The molecule has 3 aliphatic rings. The molecule has 0 aromatic rings. The Kier molecular flexibility index (Phi) is 4.79. The van der Waals surface area contributed by atoms with E-state index in [0.29, 0.717) is 24.4 Å². The molecule has 0 aromatic carbocycles. The molecular formula is C17H22N2O4. The van der Waals surface area contributed by atoms with E-state index in [4.69, 9.17) is 4.74 Å². The molecule has 0 bridgehead atoms. The van der Waals surface area contributed by atoms with Crippen LogP contribution in [0.1, 0.15) is 25.7 Å². The van der Waals surface area contributed by atoms with E-state index in [1.165, 1.54) is 25.0 Å². The maximum Gasteiger partial charge on any atom is 0.407 e. The maximum atomic E-state index is 11.7. The van der Waals surface area contributed by atoms with Crippen molar-refractivity contribution in [3.05, 3.63) is 24.3 Å². The number of rotatable bonds is 5. The van der Waals surface area contributed by atoms with Gasteiger partial charge in [0.25, 0.3) is 11.8 Å². The topological polar surface area (TPSA) is 75.7 Å². The van der Waals surface area contributed by atoms with Crippen molar-refractivity contribution < 1.29 is 19.1 Å². The highest BCUT2D eigenvalue weighted by Gasteiger charge is 2.49. The highest BCUT2D eigenvalue weighted by atomic mass is 16.5. The molecule has 0 aromatic heterocycles. The maximum absolute atomic E-state index is 11.7. The molecular weight excluding hydrogens is 296 g/mol. The van der Waals surface area contributed by atoms with Crippen LogP contribution in [-0.2, 0) is 14.3 Å². The Morgan fingerprint density at radius 1 is 1.13 bits per heavy atom. The van der Waals surface area contributed by atoms with Gasteiger partial charge in [-0.3, -0.25) is 14.5 Å². The normalized spacial score (nSPS) is 30.4. The van der Waals surface area contributed by atoms with Crippen molar-refractivity contribution in [2.24, 2.45) is 17.8 Å². The van der Waals surface area contributed by atoms with Gasteiger partial charge in [0, 0.05) is 25.2 Å². The van der Waals surface area contributed by atoms with Gasteiger partial charge in [0.1, 0.15) is 0 Å². The van der Waals surface area contributed by atoms with Crippen LogP contribution in [-0.4, -0.2) is 42.5 Å². The Morgan fingerprint density at radius 2 is 1.74 bits per heavy atom. The van der Waals surface area contributed by atoms with Crippen molar-refractivity contribution in [2.45, 2.75) is 25.7 Å².